The molecule has 1 rings (SSSR count). The van der Waals surface area contributed by atoms with E-state index in [0.717, 1.165) is 11.3 Å². The third-order valence-corrected chi connectivity index (χ3v) is 4.74. The fraction of sp³-hybridized carbons (Fsp3) is 0.889. The van der Waals surface area contributed by atoms with Gasteiger partial charge in [-0.05, 0) is 43.4 Å². The summed E-state index contributed by atoms with van der Waals surface area (Å²) in [7, 11) is 0. The molecule has 1 aliphatic carbocycles. The average molecular weight is 250 g/mol. The molecule has 0 heteroatoms. The molecule has 106 valence electrons. The normalized spacial score (nSPS) is 21.6. The standard InChI is InChI=1S/C18H34/c1-4-7-10-13-17-16-18(17,14-11-8-5-2)15-12-9-6-3/h7,10,17H,4-6,8-9,11-16H2,1-3H3. The zero-order valence-electron chi connectivity index (χ0n) is 13.0. The Kier molecular flexibility index (Phi) is 7.70. The Morgan fingerprint density at radius 2 is 1.50 bits per heavy atom. The summed E-state index contributed by atoms with van der Waals surface area (Å²) in [6.07, 6.45) is 20.4. The van der Waals surface area contributed by atoms with Crippen LogP contribution >= 0.6 is 0 Å². The van der Waals surface area contributed by atoms with Crippen molar-refractivity contribution in [1.82, 2.24) is 0 Å². The second-order valence-corrected chi connectivity index (χ2v) is 6.29. The topological polar surface area (TPSA) is 0 Å². The SMILES string of the molecule is CCC=CCC1CC1(CCCCC)CCCCC. The van der Waals surface area contributed by atoms with Crippen LogP contribution in [-0.4, -0.2) is 0 Å². The summed E-state index contributed by atoms with van der Waals surface area (Å²) in [6, 6.07) is 0. The first kappa shape index (κ1) is 15.8. The van der Waals surface area contributed by atoms with Gasteiger partial charge in [-0.1, -0.05) is 71.4 Å². The molecule has 0 radical (unpaired) electrons. The predicted octanol–water partition coefficient (Wildman–Crippen LogP) is 6.51. The second kappa shape index (κ2) is 8.77. The van der Waals surface area contributed by atoms with Gasteiger partial charge in [0.15, 0.2) is 0 Å². The molecule has 0 aromatic rings. The molecule has 1 unspecified atom stereocenters. The zero-order valence-corrected chi connectivity index (χ0v) is 13.0. The van der Waals surface area contributed by atoms with E-state index in [9.17, 15) is 0 Å². The Morgan fingerprint density at radius 3 is 2.00 bits per heavy atom. The minimum Gasteiger partial charge on any atom is -0.0888 e. The largest absolute Gasteiger partial charge is 0.0888 e. The predicted molar refractivity (Wildman–Crippen MR) is 82.9 cm³/mol. The monoisotopic (exact) mass is 250 g/mol. The van der Waals surface area contributed by atoms with Crippen LogP contribution in [0.1, 0.15) is 91.4 Å². The summed E-state index contributed by atoms with van der Waals surface area (Å²) in [4.78, 5) is 0. The summed E-state index contributed by atoms with van der Waals surface area (Å²) in [5, 5.41) is 0. The van der Waals surface area contributed by atoms with Crippen LogP contribution in [-0.2, 0) is 0 Å². The molecular weight excluding hydrogens is 216 g/mol. The summed E-state index contributed by atoms with van der Waals surface area (Å²) >= 11 is 0. The number of unbranched alkanes of at least 4 members (excludes halogenated alkanes) is 4. The van der Waals surface area contributed by atoms with Crippen molar-refractivity contribution in [1.29, 1.82) is 0 Å². The van der Waals surface area contributed by atoms with Gasteiger partial charge in [-0.3, -0.25) is 0 Å². The van der Waals surface area contributed by atoms with E-state index < -0.39 is 0 Å². The highest BCUT2D eigenvalue weighted by Crippen LogP contribution is 2.61. The molecular formula is C18H34. The van der Waals surface area contributed by atoms with Gasteiger partial charge >= 0.3 is 0 Å². The first-order valence-corrected chi connectivity index (χ1v) is 8.44. The lowest BCUT2D eigenvalue weighted by atomic mass is 9.89. The van der Waals surface area contributed by atoms with Crippen molar-refractivity contribution in [3.8, 4) is 0 Å². The van der Waals surface area contributed by atoms with Crippen molar-refractivity contribution in [2.45, 2.75) is 91.4 Å². The highest BCUT2D eigenvalue weighted by molar-refractivity contribution is 5.04. The molecule has 1 aliphatic rings. The van der Waals surface area contributed by atoms with Crippen LogP contribution in [0, 0.1) is 11.3 Å². The Morgan fingerprint density at radius 1 is 0.889 bits per heavy atom. The van der Waals surface area contributed by atoms with E-state index in [2.05, 4.69) is 32.9 Å². The summed E-state index contributed by atoms with van der Waals surface area (Å²) in [5.74, 6) is 1.02. The van der Waals surface area contributed by atoms with Crippen molar-refractivity contribution < 1.29 is 0 Å². The molecule has 0 saturated heterocycles. The average Bonchev–Trinajstić information content (AvgIpc) is 3.04. The minimum atomic E-state index is 0.766. The molecule has 0 aliphatic heterocycles. The maximum atomic E-state index is 2.44. The van der Waals surface area contributed by atoms with Crippen molar-refractivity contribution in [2.24, 2.45) is 11.3 Å². The molecule has 0 heterocycles. The smallest absolute Gasteiger partial charge is 0.0263 e. The molecule has 1 atom stereocenters. The van der Waals surface area contributed by atoms with E-state index in [4.69, 9.17) is 0 Å². The lowest BCUT2D eigenvalue weighted by Gasteiger charge is -2.17. The van der Waals surface area contributed by atoms with Crippen LogP contribution in [0.2, 0.25) is 0 Å². The van der Waals surface area contributed by atoms with Gasteiger partial charge in [-0.25, -0.2) is 0 Å². The van der Waals surface area contributed by atoms with E-state index in [1.807, 2.05) is 0 Å². The molecule has 0 spiro atoms. The minimum absolute atomic E-state index is 0.766. The summed E-state index contributed by atoms with van der Waals surface area (Å²) in [5.41, 5.74) is 0.766. The number of hydrogen-bond acceptors (Lipinski definition) is 0. The zero-order chi connectivity index (χ0) is 13.3. The summed E-state index contributed by atoms with van der Waals surface area (Å²) < 4.78 is 0. The quantitative estimate of drug-likeness (QED) is 0.289. The number of hydrogen-bond donors (Lipinski definition) is 0. The van der Waals surface area contributed by atoms with Gasteiger partial charge < -0.3 is 0 Å². The van der Waals surface area contributed by atoms with E-state index in [1.165, 1.54) is 70.6 Å². The molecule has 0 aromatic heterocycles. The first-order valence-electron chi connectivity index (χ1n) is 8.44. The molecule has 0 N–H and O–H groups in total. The Hall–Kier alpha value is -0.260. The molecule has 1 fully saturated rings. The Bertz CT molecular complexity index is 216. The van der Waals surface area contributed by atoms with Gasteiger partial charge in [0.05, 0.1) is 0 Å². The third kappa shape index (κ3) is 5.16. The van der Waals surface area contributed by atoms with Crippen LogP contribution in [0.15, 0.2) is 12.2 Å². The fourth-order valence-corrected chi connectivity index (χ4v) is 3.38. The van der Waals surface area contributed by atoms with Gasteiger partial charge in [-0.15, -0.1) is 0 Å². The van der Waals surface area contributed by atoms with Crippen LogP contribution in [0.25, 0.3) is 0 Å². The van der Waals surface area contributed by atoms with Crippen LogP contribution in [0.4, 0.5) is 0 Å². The van der Waals surface area contributed by atoms with E-state index >= 15 is 0 Å². The van der Waals surface area contributed by atoms with E-state index in [1.54, 1.807) is 0 Å². The number of rotatable bonds is 11. The van der Waals surface area contributed by atoms with Crippen molar-refractivity contribution in [2.75, 3.05) is 0 Å². The van der Waals surface area contributed by atoms with Gasteiger partial charge in [0, 0.05) is 0 Å². The maximum Gasteiger partial charge on any atom is -0.0263 e. The highest BCUT2D eigenvalue weighted by Gasteiger charge is 2.51. The van der Waals surface area contributed by atoms with Crippen LogP contribution < -0.4 is 0 Å². The van der Waals surface area contributed by atoms with Crippen molar-refractivity contribution in [3.63, 3.8) is 0 Å². The van der Waals surface area contributed by atoms with Crippen molar-refractivity contribution in [3.05, 3.63) is 12.2 Å². The lowest BCUT2D eigenvalue weighted by Crippen LogP contribution is -2.04. The van der Waals surface area contributed by atoms with E-state index in [0.29, 0.717) is 0 Å². The molecule has 0 bridgehead atoms. The molecule has 1 saturated carbocycles. The van der Waals surface area contributed by atoms with E-state index in [-0.39, 0.29) is 0 Å². The van der Waals surface area contributed by atoms with Crippen LogP contribution in [0.5, 0.6) is 0 Å². The first-order chi connectivity index (χ1) is 8.79. The molecule has 0 nitrogen and oxygen atoms in total. The molecule has 0 amide bonds. The Labute approximate surface area is 115 Å². The second-order valence-electron chi connectivity index (χ2n) is 6.29. The Balaban J connectivity index is 2.32. The molecule has 18 heavy (non-hydrogen) atoms. The summed E-state index contributed by atoms with van der Waals surface area (Å²) in [6.45, 7) is 6.87. The maximum absolute atomic E-state index is 2.44. The lowest BCUT2D eigenvalue weighted by molar-refractivity contribution is 0.354. The third-order valence-electron chi connectivity index (χ3n) is 4.74. The van der Waals surface area contributed by atoms with Crippen LogP contribution in [0.3, 0.4) is 0 Å². The molecule has 0 aromatic carbocycles. The fourth-order valence-electron chi connectivity index (χ4n) is 3.38. The van der Waals surface area contributed by atoms with Crippen molar-refractivity contribution >= 4 is 0 Å². The van der Waals surface area contributed by atoms with Gasteiger partial charge in [0.25, 0.3) is 0 Å². The highest BCUT2D eigenvalue weighted by atomic mass is 14.6. The van der Waals surface area contributed by atoms with Gasteiger partial charge in [0.2, 0.25) is 0 Å². The van der Waals surface area contributed by atoms with Gasteiger partial charge in [-0.2, -0.15) is 0 Å². The number of allylic oxidation sites excluding steroid dienone is 2. The van der Waals surface area contributed by atoms with Gasteiger partial charge in [0.1, 0.15) is 0 Å².